The Morgan fingerprint density at radius 3 is 2.07 bits per heavy atom. The molecule has 0 saturated heterocycles. The van der Waals surface area contributed by atoms with Crippen LogP contribution in [0.1, 0.15) is 42.5 Å². The molecule has 0 bridgehead atoms. The fraction of sp³-hybridized carbons (Fsp3) is 0.529. The summed E-state index contributed by atoms with van der Waals surface area (Å²) >= 11 is 0. The van der Waals surface area contributed by atoms with Gasteiger partial charge < -0.3 is 10.6 Å². The molecule has 1 aliphatic rings. The van der Waals surface area contributed by atoms with E-state index in [0.717, 1.165) is 56.4 Å². The number of nitrogens with one attached hydrogen (secondary N) is 2. The highest BCUT2D eigenvalue weighted by molar-refractivity contribution is 7.92. The Labute approximate surface area is 155 Å². The molecule has 150 valence electrons. The van der Waals surface area contributed by atoms with E-state index in [1.165, 1.54) is 0 Å². The van der Waals surface area contributed by atoms with Gasteiger partial charge in [-0.15, -0.1) is 0 Å². The molecule has 2 amide bonds. The van der Waals surface area contributed by atoms with Gasteiger partial charge in [0.25, 0.3) is 15.7 Å². The first-order valence-corrected chi connectivity index (χ1v) is 10.1. The van der Waals surface area contributed by atoms with E-state index < -0.39 is 26.1 Å². The Hall–Kier alpha value is -2.10. The van der Waals surface area contributed by atoms with E-state index in [4.69, 9.17) is 0 Å². The SMILES string of the molecule is O=C(NCCNC(=O)C1CCCCC1)c1ccc(S(=O)(=O)C(F)(F)F)cc1. The van der Waals surface area contributed by atoms with Gasteiger partial charge in [-0.1, -0.05) is 19.3 Å². The van der Waals surface area contributed by atoms with Gasteiger partial charge in [-0.25, -0.2) is 8.42 Å². The molecule has 0 aliphatic heterocycles. The molecule has 0 aromatic heterocycles. The zero-order valence-corrected chi connectivity index (χ0v) is 15.3. The van der Waals surface area contributed by atoms with Crippen LogP contribution in [0.5, 0.6) is 0 Å². The molecule has 1 aromatic carbocycles. The zero-order chi connectivity index (χ0) is 20.1. The minimum Gasteiger partial charge on any atom is -0.354 e. The molecule has 1 fully saturated rings. The summed E-state index contributed by atoms with van der Waals surface area (Å²) in [6.07, 6.45) is 4.95. The third kappa shape index (κ3) is 5.44. The molecule has 1 aliphatic carbocycles. The third-order valence-electron chi connectivity index (χ3n) is 4.42. The van der Waals surface area contributed by atoms with Gasteiger partial charge in [0.2, 0.25) is 5.91 Å². The molecular weight excluding hydrogens is 385 g/mol. The van der Waals surface area contributed by atoms with Crippen LogP contribution in [0.25, 0.3) is 0 Å². The van der Waals surface area contributed by atoms with Crippen LogP contribution in [0.4, 0.5) is 13.2 Å². The largest absolute Gasteiger partial charge is 0.501 e. The number of amides is 2. The number of halogens is 3. The van der Waals surface area contributed by atoms with Crippen LogP contribution in [-0.2, 0) is 14.6 Å². The maximum atomic E-state index is 12.5. The summed E-state index contributed by atoms with van der Waals surface area (Å²) in [5, 5.41) is 5.27. The molecule has 0 heterocycles. The van der Waals surface area contributed by atoms with Crippen molar-refractivity contribution < 1.29 is 31.2 Å². The smallest absolute Gasteiger partial charge is 0.354 e. The second kappa shape index (κ2) is 8.73. The maximum Gasteiger partial charge on any atom is 0.501 e. The van der Waals surface area contributed by atoms with Crippen molar-refractivity contribution in [2.75, 3.05) is 13.1 Å². The van der Waals surface area contributed by atoms with Crippen LogP contribution >= 0.6 is 0 Å². The quantitative estimate of drug-likeness (QED) is 0.710. The molecule has 1 aromatic rings. The molecule has 0 spiro atoms. The Bertz CT molecular complexity index is 770. The second-order valence-electron chi connectivity index (χ2n) is 6.36. The maximum absolute atomic E-state index is 12.5. The average Bonchev–Trinajstić information content (AvgIpc) is 2.64. The summed E-state index contributed by atoms with van der Waals surface area (Å²) in [5.74, 6) is -0.596. The van der Waals surface area contributed by atoms with Crippen LogP contribution < -0.4 is 10.6 Å². The first-order valence-electron chi connectivity index (χ1n) is 8.60. The first kappa shape index (κ1) is 21.2. The third-order valence-corrected chi connectivity index (χ3v) is 5.92. The summed E-state index contributed by atoms with van der Waals surface area (Å²) in [7, 11) is -5.44. The lowest BCUT2D eigenvalue weighted by Crippen LogP contribution is -2.38. The van der Waals surface area contributed by atoms with E-state index in [1.807, 2.05) is 0 Å². The number of hydrogen-bond acceptors (Lipinski definition) is 4. The number of carbonyl (C=O) groups is 2. The number of carbonyl (C=O) groups excluding carboxylic acids is 2. The molecule has 1 saturated carbocycles. The number of sulfone groups is 1. The highest BCUT2D eigenvalue weighted by Gasteiger charge is 2.46. The molecular formula is C17H21F3N2O4S. The van der Waals surface area contributed by atoms with Gasteiger partial charge in [-0.3, -0.25) is 9.59 Å². The molecule has 2 rings (SSSR count). The van der Waals surface area contributed by atoms with Gasteiger partial charge in [0.15, 0.2) is 0 Å². The van der Waals surface area contributed by atoms with E-state index >= 15 is 0 Å². The molecule has 0 radical (unpaired) electrons. The van der Waals surface area contributed by atoms with Crippen molar-refractivity contribution in [2.45, 2.75) is 42.5 Å². The summed E-state index contributed by atoms with van der Waals surface area (Å²) in [4.78, 5) is 23.0. The normalized spacial score (nSPS) is 16.0. The van der Waals surface area contributed by atoms with E-state index in [-0.39, 0.29) is 30.5 Å². The van der Waals surface area contributed by atoms with Crippen molar-refractivity contribution >= 4 is 21.7 Å². The monoisotopic (exact) mass is 406 g/mol. The molecule has 10 heteroatoms. The van der Waals surface area contributed by atoms with Crippen LogP contribution in [0.2, 0.25) is 0 Å². The molecule has 0 atom stereocenters. The lowest BCUT2D eigenvalue weighted by Gasteiger charge is -2.20. The van der Waals surface area contributed by atoms with E-state index in [0.29, 0.717) is 0 Å². The standard InChI is InChI=1S/C17H21F3N2O4S/c18-17(19,20)27(25,26)14-8-6-13(7-9-14)16(24)22-11-10-21-15(23)12-4-2-1-3-5-12/h6-9,12H,1-5,10-11H2,(H,21,23)(H,22,24). The van der Waals surface area contributed by atoms with Crippen molar-refractivity contribution in [1.82, 2.24) is 10.6 Å². The summed E-state index contributed by atoms with van der Waals surface area (Å²) in [6.45, 7) is 0.390. The Kier molecular flexibility index (Phi) is 6.85. The first-order chi connectivity index (χ1) is 12.6. The summed E-state index contributed by atoms with van der Waals surface area (Å²) in [6, 6.07) is 3.49. The van der Waals surface area contributed by atoms with Crippen LogP contribution in [0.3, 0.4) is 0 Å². The predicted octanol–water partition coefficient (Wildman–Crippen LogP) is 2.41. The zero-order valence-electron chi connectivity index (χ0n) is 14.5. The molecule has 27 heavy (non-hydrogen) atoms. The molecule has 6 nitrogen and oxygen atoms in total. The lowest BCUT2D eigenvalue weighted by molar-refractivity contribution is -0.125. The number of hydrogen-bond donors (Lipinski definition) is 2. The van der Waals surface area contributed by atoms with Gasteiger partial charge in [-0.05, 0) is 37.1 Å². The fourth-order valence-electron chi connectivity index (χ4n) is 2.89. The van der Waals surface area contributed by atoms with Gasteiger partial charge >= 0.3 is 5.51 Å². The Morgan fingerprint density at radius 2 is 1.52 bits per heavy atom. The minimum atomic E-state index is -5.44. The van der Waals surface area contributed by atoms with Gasteiger partial charge in [0, 0.05) is 24.6 Å². The minimum absolute atomic E-state index is 0.0116. The fourth-order valence-corrected chi connectivity index (χ4v) is 3.65. The number of benzene rings is 1. The van der Waals surface area contributed by atoms with Gasteiger partial charge in [0.05, 0.1) is 4.90 Å². The van der Waals surface area contributed by atoms with E-state index in [2.05, 4.69) is 10.6 Å². The van der Waals surface area contributed by atoms with E-state index in [1.54, 1.807) is 0 Å². The average molecular weight is 406 g/mol. The highest BCUT2D eigenvalue weighted by Crippen LogP contribution is 2.30. The predicted molar refractivity (Wildman–Crippen MR) is 91.6 cm³/mol. The Morgan fingerprint density at radius 1 is 0.963 bits per heavy atom. The van der Waals surface area contributed by atoms with Crippen molar-refractivity contribution in [3.63, 3.8) is 0 Å². The van der Waals surface area contributed by atoms with Crippen molar-refractivity contribution in [2.24, 2.45) is 5.92 Å². The number of alkyl halides is 3. The van der Waals surface area contributed by atoms with Crippen LogP contribution in [0.15, 0.2) is 29.2 Å². The topological polar surface area (TPSA) is 92.3 Å². The molecule has 2 N–H and O–H groups in total. The second-order valence-corrected chi connectivity index (χ2v) is 8.30. The lowest BCUT2D eigenvalue weighted by atomic mass is 9.89. The summed E-state index contributed by atoms with van der Waals surface area (Å²) < 4.78 is 60.0. The van der Waals surface area contributed by atoms with E-state index in [9.17, 15) is 31.2 Å². The van der Waals surface area contributed by atoms with Crippen molar-refractivity contribution in [3.05, 3.63) is 29.8 Å². The van der Waals surface area contributed by atoms with Crippen LogP contribution in [-0.4, -0.2) is 38.8 Å². The molecule has 0 unspecified atom stereocenters. The van der Waals surface area contributed by atoms with Crippen LogP contribution in [0, 0.1) is 5.92 Å². The number of rotatable bonds is 6. The van der Waals surface area contributed by atoms with Crippen molar-refractivity contribution in [1.29, 1.82) is 0 Å². The van der Waals surface area contributed by atoms with Crippen molar-refractivity contribution in [3.8, 4) is 0 Å². The highest BCUT2D eigenvalue weighted by atomic mass is 32.2. The Balaban J connectivity index is 1.81. The van der Waals surface area contributed by atoms with Gasteiger partial charge in [0.1, 0.15) is 0 Å². The summed E-state index contributed by atoms with van der Waals surface area (Å²) in [5.41, 5.74) is -5.37. The van der Waals surface area contributed by atoms with Gasteiger partial charge in [-0.2, -0.15) is 13.2 Å².